The van der Waals surface area contributed by atoms with Crippen molar-refractivity contribution in [1.29, 1.82) is 0 Å². The normalized spacial score (nSPS) is 10.2. The van der Waals surface area contributed by atoms with E-state index in [0.717, 1.165) is 11.1 Å². The summed E-state index contributed by atoms with van der Waals surface area (Å²) in [7, 11) is 0. The van der Waals surface area contributed by atoms with E-state index in [1.165, 1.54) is 0 Å². The lowest BCUT2D eigenvalue weighted by molar-refractivity contribution is 0.302. The van der Waals surface area contributed by atoms with Gasteiger partial charge in [0.05, 0.1) is 0 Å². The Hall–Kier alpha value is -1.67. The van der Waals surface area contributed by atoms with Crippen molar-refractivity contribution in [1.82, 2.24) is 0 Å². The molecule has 0 fully saturated rings. The molecule has 0 saturated heterocycles. The zero-order valence-electron chi connectivity index (χ0n) is 9.48. The molecule has 0 aromatic heterocycles. The molecule has 1 N–H and O–H groups in total. The van der Waals surface area contributed by atoms with E-state index in [2.05, 4.69) is 0 Å². The monoisotopic (exact) mass is 248 g/mol. The van der Waals surface area contributed by atoms with Crippen LogP contribution in [0.5, 0.6) is 11.5 Å². The zero-order valence-corrected chi connectivity index (χ0v) is 10.2. The Balaban J connectivity index is 2.07. The third-order valence-corrected chi connectivity index (χ3v) is 2.82. The maximum atomic E-state index is 9.54. The number of benzene rings is 2. The van der Waals surface area contributed by atoms with Gasteiger partial charge < -0.3 is 9.84 Å². The molecule has 0 aliphatic heterocycles. The molecule has 0 unspecified atom stereocenters. The summed E-state index contributed by atoms with van der Waals surface area (Å²) in [5.74, 6) is 0.943. The fourth-order valence-corrected chi connectivity index (χ4v) is 1.63. The number of phenolic OH excluding ortho intramolecular Hbond substituents is 1. The molecule has 0 aliphatic rings. The minimum Gasteiger partial charge on any atom is -0.508 e. The van der Waals surface area contributed by atoms with Gasteiger partial charge in [0.1, 0.15) is 18.1 Å². The summed E-state index contributed by atoms with van der Waals surface area (Å²) in [6.45, 7) is 2.29. The quantitative estimate of drug-likeness (QED) is 0.892. The van der Waals surface area contributed by atoms with Crippen LogP contribution in [0.25, 0.3) is 0 Å². The lowest BCUT2D eigenvalue weighted by Crippen LogP contribution is -1.96. The van der Waals surface area contributed by atoms with Gasteiger partial charge in [0, 0.05) is 10.6 Å². The van der Waals surface area contributed by atoms with Crippen molar-refractivity contribution >= 4 is 11.6 Å². The lowest BCUT2D eigenvalue weighted by atomic mass is 10.2. The predicted octanol–water partition coefficient (Wildman–Crippen LogP) is 3.93. The van der Waals surface area contributed by atoms with Crippen LogP contribution in [0.3, 0.4) is 0 Å². The second kappa shape index (κ2) is 5.11. The highest BCUT2D eigenvalue weighted by Gasteiger charge is 2.03. The topological polar surface area (TPSA) is 29.5 Å². The fraction of sp³-hybridized carbons (Fsp3) is 0.143. The van der Waals surface area contributed by atoms with E-state index >= 15 is 0 Å². The highest BCUT2D eigenvalue weighted by atomic mass is 35.5. The van der Waals surface area contributed by atoms with E-state index in [0.29, 0.717) is 17.4 Å². The predicted molar refractivity (Wildman–Crippen MR) is 68.6 cm³/mol. The van der Waals surface area contributed by atoms with Crippen LogP contribution in [0.4, 0.5) is 0 Å². The molecule has 17 heavy (non-hydrogen) atoms. The van der Waals surface area contributed by atoms with E-state index in [1.807, 2.05) is 37.3 Å². The van der Waals surface area contributed by atoms with Crippen molar-refractivity contribution in [3.8, 4) is 11.5 Å². The largest absolute Gasteiger partial charge is 0.508 e. The third-order valence-electron chi connectivity index (χ3n) is 2.56. The van der Waals surface area contributed by atoms with E-state index in [-0.39, 0.29) is 5.75 Å². The van der Waals surface area contributed by atoms with Gasteiger partial charge in [0.15, 0.2) is 0 Å². The first kappa shape index (κ1) is 11.8. The van der Waals surface area contributed by atoms with Crippen molar-refractivity contribution in [2.45, 2.75) is 13.5 Å². The third kappa shape index (κ3) is 2.92. The molecule has 3 heteroatoms. The van der Waals surface area contributed by atoms with Gasteiger partial charge in [-0.05, 0) is 36.8 Å². The van der Waals surface area contributed by atoms with Crippen LogP contribution in [0.15, 0.2) is 42.5 Å². The van der Waals surface area contributed by atoms with Gasteiger partial charge in [-0.15, -0.1) is 0 Å². The second-order valence-electron chi connectivity index (χ2n) is 3.82. The summed E-state index contributed by atoms with van der Waals surface area (Å²) in [6.07, 6.45) is 0. The number of aromatic hydroxyl groups is 1. The van der Waals surface area contributed by atoms with Crippen LogP contribution in [-0.2, 0) is 6.61 Å². The van der Waals surface area contributed by atoms with Gasteiger partial charge in [-0.25, -0.2) is 0 Å². The molecule has 2 nitrogen and oxygen atoms in total. The molecule has 0 atom stereocenters. The molecule has 0 bridgehead atoms. The van der Waals surface area contributed by atoms with Crippen molar-refractivity contribution in [3.63, 3.8) is 0 Å². The van der Waals surface area contributed by atoms with Gasteiger partial charge in [-0.2, -0.15) is 0 Å². The number of phenols is 1. The van der Waals surface area contributed by atoms with Crippen LogP contribution in [0.1, 0.15) is 11.1 Å². The van der Waals surface area contributed by atoms with Gasteiger partial charge in [0.25, 0.3) is 0 Å². The molecular weight excluding hydrogens is 236 g/mol. The van der Waals surface area contributed by atoms with Crippen molar-refractivity contribution in [2.24, 2.45) is 0 Å². The maximum absolute atomic E-state index is 9.54. The molecule has 2 aromatic carbocycles. The molecule has 2 rings (SSSR count). The Labute approximate surface area is 105 Å². The molecular formula is C14H13ClO2. The first-order chi connectivity index (χ1) is 8.16. The summed E-state index contributed by atoms with van der Waals surface area (Å²) in [5, 5.41) is 10.2. The molecule has 0 radical (unpaired) electrons. The van der Waals surface area contributed by atoms with Crippen LogP contribution >= 0.6 is 11.6 Å². The number of hydrogen-bond donors (Lipinski definition) is 1. The smallest absolute Gasteiger partial charge is 0.126 e. The molecule has 0 saturated carbocycles. The maximum Gasteiger partial charge on any atom is 0.126 e. The molecule has 88 valence electrons. The number of halogens is 1. The first-order valence-corrected chi connectivity index (χ1v) is 5.70. The molecule has 0 spiro atoms. The van der Waals surface area contributed by atoms with E-state index in [4.69, 9.17) is 16.3 Å². The lowest BCUT2D eigenvalue weighted by Gasteiger charge is -2.10. The van der Waals surface area contributed by atoms with E-state index in [1.54, 1.807) is 12.1 Å². The van der Waals surface area contributed by atoms with Crippen molar-refractivity contribution in [3.05, 3.63) is 58.6 Å². The van der Waals surface area contributed by atoms with E-state index < -0.39 is 0 Å². The summed E-state index contributed by atoms with van der Waals surface area (Å²) < 4.78 is 5.64. The van der Waals surface area contributed by atoms with Crippen LogP contribution in [0.2, 0.25) is 5.02 Å². The van der Waals surface area contributed by atoms with Gasteiger partial charge in [0.2, 0.25) is 0 Å². The minimum absolute atomic E-state index is 0.249. The summed E-state index contributed by atoms with van der Waals surface area (Å²) in [6, 6.07) is 12.7. The summed E-state index contributed by atoms with van der Waals surface area (Å²) in [5.41, 5.74) is 1.79. The summed E-state index contributed by atoms with van der Waals surface area (Å²) >= 11 is 5.80. The van der Waals surface area contributed by atoms with E-state index in [9.17, 15) is 5.11 Å². The average Bonchev–Trinajstić information content (AvgIpc) is 2.33. The number of hydrogen-bond acceptors (Lipinski definition) is 2. The van der Waals surface area contributed by atoms with Gasteiger partial charge >= 0.3 is 0 Å². The Bertz CT molecular complexity index is 506. The number of ether oxygens (including phenoxy) is 1. The first-order valence-electron chi connectivity index (χ1n) is 5.32. The van der Waals surface area contributed by atoms with Crippen LogP contribution in [0, 0.1) is 6.92 Å². The Morgan fingerprint density at radius 1 is 1.12 bits per heavy atom. The van der Waals surface area contributed by atoms with Crippen LogP contribution in [-0.4, -0.2) is 5.11 Å². The van der Waals surface area contributed by atoms with Crippen LogP contribution < -0.4 is 4.74 Å². The molecule has 0 amide bonds. The van der Waals surface area contributed by atoms with Gasteiger partial charge in [-0.1, -0.05) is 29.8 Å². The minimum atomic E-state index is 0.249. The molecule has 2 aromatic rings. The summed E-state index contributed by atoms with van der Waals surface area (Å²) in [4.78, 5) is 0. The highest BCUT2D eigenvalue weighted by molar-refractivity contribution is 6.30. The van der Waals surface area contributed by atoms with Gasteiger partial charge in [-0.3, -0.25) is 0 Å². The standard InChI is InChI=1S/C14H13ClO2/c1-10-13(16)3-2-4-14(10)17-9-11-5-7-12(15)8-6-11/h2-8,16H,9H2,1H3. The molecule has 0 aliphatic carbocycles. The second-order valence-corrected chi connectivity index (χ2v) is 4.25. The van der Waals surface area contributed by atoms with Crippen molar-refractivity contribution < 1.29 is 9.84 Å². The van der Waals surface area contributed by atoms with Crippen molar-refractivity contribution in [2.75, 3.05) is 0 Å². The average molecular weight is 249 g/mol. The Kier molecular flexibility index (Phi) is 3.55. The zero-order chi connectivity index (χ0) is 12.3. The SMILES string of the molecule is Cc1c(O)cccc1OCc1ccc(Cl)cc1. The molecule has 0 heterocycles. The Morgan fingerprint density at radius 2 is 1.82 bits per heavy atom. The Morgan fingerprint density at radius 3 is 2.53 bits per heavy atom. The highest BCUT2D eigenvalue weighted by Crippen LogP contribution is 2.26. The number of rotatable bonds is 3. The fourth-order valence-electron chi connectivity index (χ4n) is 1.50.